The van der Waals surface area contributed by atoms with Gasteiger partial charge in [-0.3, -0.25) is 36.4 Å². The van der Waals surface area contributed by atoms with Crippen molar-refractivity contribution in [2.45, 2.75) is 54.9 Å². The van der Waals surface area contributed by atoms with E-state index in [9.17, 15) is 94.7 Å². The van der Waals surface area contributed by atoms with Gasteiger partial charge in [0.2, 0.25) is 5.79 Å². The Kier molecular flexibility index (Phi) is 15.7. The average Bonchev–Trinajstić information content (AvgIpc) is 3.15. The molecule has 34 nitrogen and oxygen atoms in total. The lowest BCUT2D eigenvalue weighted by molar-refractivity contribution is -0.309. The van der Waals surface area contributed by atoms with Crippen LogP contribution >= 0.6 is 0 Å². The van der Waals surface area contributed by atoms with Gasteiger partial charge in [-0.1, -0.05) is 0 Å². The van der Waals surface area contributed by atoms with Crippen molar-refractivity contribution in [2.24, 2.45) is 5.92 Å². The summed E-state index contributed by atoms with van der Waals surface area (Å²) >= 11 is 0. The highest BCUT2D eigenvalue weighted by molar-refractivity contribution is 7.82. The normalized spacial score (nSPS) is 30.7. The van der Waals surface area contributed by atoms with E-state index in [2.05, 4.69) is 33.5 Å². The summed E-state index contributed by atoms with van der Waals surface area (Å²) in [6.45, 7) is -5.90. The Bertz CT molecular complexity index is 2280. The molecule has 0 spiro atoms. The molecule has 55 heavy (non-hydrogen) atoms. The molecule has 2 aliphatic rings. The minimum atomic E-state index is -6.20. The zero-order valence-electron chi connectivity index (χ0n) is 25.4. The number of ether oxygens (including phenoxy) is 2. The van der Waals surface area contributed by atoms with E-state index in [1.54, 1.807) is 0 Å². The van der Waals surface area contributed by atoms with E-state index in [1.807, 2.05) is 0 Å². The van der Waals surface area contributed by atoms with Crippen LogP contribution in [0.3, 0.4) is 0 Å². The van der Waals surface area contributed by atoms with Crippen molar-refractivity contribution < 1.29 is 147 Å². The van der Waals surface area contributed by atoms with Crippen LogP contribution in [0.15, 0.2) is 0 Å². The van der Waals surface area contributed by atoms with Gasteiger partial charge in [-0.2, -0.15) is 67.3 Å². The topological polar surface area (TPSA) is 527 Å². The zero-order valence-corrected chi connectivity index (χ0v) is 31.9. The molecule has 42 heteroatoms. The molecule has 0 aromatic carbocycles. The van der Waals surface area contributed by atoms with E-state index in [0.29, 0.717) is 0 Å². The van der Waals surface area contributed by atoms with Gasteiger partial charge in [0.15, 0.2) is 6.10 Å². The highest BCUT2D eigenvalue weighted by Crippen LogP contribution is 2.44. The molecule has 0 radical (unpaired) electrons. The minimum Gasteiger partial charge on any atom is -0.339 e. The summed E-state index contributed by atoms with van der Waals surface area (Å²) in [4.78, 5) is 0. The third-order valence-electron chi connectivity index (χ3n) is 6.19. The van der Waals surface area contributed by atoms with Gasteiger partial charge in [0, 0.05) is 5.92 Å². The highest BCUT2D eigenvalue weighted by Gasteiger charge is 2.65. The first-order chi connectivity index (χ1) is 24.2. The van der Waals surface area contributed by atoms with E-state index in [-0.39, 0.29) is 0 Å². The second kappa shape index (κ2) is 17.2. The summed E-state index contributed by atoms with van der Waals surface area (Å²) < 4.78 is 304. The zero-order chi connectivity index (χ0) is 43.0. The molecule has 1 saturated carbocycles. The van der Waals surface area contributed by atoms with Crippen LogP contribution in [0.5, 0.6) is 0 Å². The third kappa shape index (κ3) is 18.1. The molecular formula is C13H24O34S8. The lowest BCUT2D eigenvalue weighted by Gasteiger charge is -2.46. The first-order valence-corrected chi connectivity index (χ1v) is 23.6. The molecule has 2 rings (SSSR count). The molecule has 0 bridgehead atoms. The Morgan fingerprint density at radius 1 is 0.455 bits per heavy atom. The van der Waals surface area contributed by atoms with E-state index in [1.165, 1.54) is 0 Å². The second-order valence-corrected chi connectivity index (χ2v) is 18.6. The maximum Gasteiger partial charge on any atom is 0.397 e. The van der Waals surface area contributed by atoms with Crippen LogP contribution in [0, 0.1) is 5.92 Å². The highest BCUT2D eigenvalue weighted by atomic mass is 32.3. The molecule has 0 amide bonds. The quantitative estimate of drug-likeness (QED) is 0.0496. The second-order valence-electron chi connectivity index (χ2n) is 10.1. The van der Waals surface area contributed by atoms with Gasteiger partial charge < -0.3 is 9.47 Å². The van der Waals surface area contributed by atoms with E-state index in [0.717, 1.165) is 0 Å². The lowest BCUT2D eigenvalue weighted by Crippen LogP contribution is -2.63. The summed E-state index contributed by atoms with van der Waals surface area (Å²) in [7, 11) is -47.8. The molecule has 2 fully saturated rings. The predicted molar refractivity (Wildman–Crippen MR) is 155 cm³/mol. The number of rotatable bonds is 21. The van der Waals surface area contributed by atoms with Crippen molar-refractivity contribution in [1.29, 1.82) is 0 Å². The van der Waals surface area contributed by atoms with Crippen molar-refractivity contribution in [3.8, 4) is 0 Å². The molecule has 328 valence electrons. The van der Waals surface area contributed by atoms with Gasteiger partial charge in [0.1, 0.15) is 37.1 Å². The van der Waals surface area contributed by atoms with Gasteiger partial charge in [0.05, 0.1) is 19.3 Å². The SMILES string of the molecule is O=S(=O)(O)OC[C@H]1C[C@H](O[C@]2(COS(=O)(=O)O)O[C@H](COS(=O)(=O)O)[C@@H](OS(=O)(=O)O)[C@@H]2OS(=O)(=O)O)[C@H](OS(=O)(=O)O)[C@@H](OS(=O)(=O)O)[C@@H]1OS(=O)(=O)O. The fraction of sp³-hybridized carbons (Fsp3) is 1.00. The summed E-state index contributed by atoms with van der Waals surface area (Å²) in [5.74, 6) is -6.43. The van der Waals surface area contributed by atoms with Crippen LogP contribution in [-0.2, 0) is 126 Å². The number of hydrogen-bond donors (Lipinski definition) is 8. The Balaban J connectivity index is 3.07. The minimum absolute atomic E-state index is 1.59. The standard InChI is InChI=1S/C13H24O34S8/c14-48(15,16)38-2-5-1-6(9(44-52(26,27)28)11(46-54(32,33)34)8(5)43-51(23,24)25)41-13(4-40-50(20,21)22)12(47-55(35,36)37)10(45-53(29,30)31)7(42-13)3-39-49(17,18)19/h5-12H,1-4H2,(H,14,15,16)(H,17,18,19)(H,20,21,22)(H,23,24,25)(H,26,27,28)(H,29,30,31)(H,32,33,34)(H,35,36,37)/t5-,6+,7-,8-,9+,10-,11+,12+,13-/m1/s1. The van der Waals surface area contributed by atoms with Gasteiger partial charge in [-0.15, -0.1) is 0 Å². The summed E-state index contributed by atoms with van der Waals surface area (Å²) in [6.07, 6.45) is -23.4. The Morgan fingerprint density at radius 2 is 0.836 bits per heavy atom. The fourth-order valence-electron chi connectivity index (χ4n) is 4.75. The van der Waals surface area contributed by atoms with Crippen LogP contribution in [0.4, 0.5) is 0 Å². The molecule has 1 saturated heterocycles. The molecule has 0 aromatic rings. The molecule has 0 aromatic heterocycles. The van der Waals surface area contributed by atoms with Crippen molar-refractivity contribution in [2.75, 3.05) is 19.8 Å². The first-order valence-electron chi connectivity index (χ1n) is 12.7. The van der Waals surface area contributed by atoms with Crippen molar-refractivity contribution in [1.82, 2.24) is 0 Å². The predicted octanol–water partition coefficient (Wildman–Crippen LogP) is -6.12. The molecule has 8 N–H and O–H groups in total. The first kappa shape index (κ1) is 50.0. The van der Waals surface area contributed by atoms with Crippen molar-refractivity contribution in [3.63, 3.8) is 0 Å². The molecule has 1 heterocycles. The lowest BCUT2D eigenvalue weighted by atomic mass is 9.81. The van der Waals surface area contributed by atoms with Crippen LogP contribution in [0.25, 0.3) is 0 Å². The van der Waals surface area contributed by atoms with Gasteiger partial charge >= 0.3 is 83.2 Å². The molecule has 0 unspecified atom stereocenters. The van der Waals surface area contributed by atoms with E-state index in [4.69, 9.17) is 18.6 Å². The largest absolute Gasteiger partial charge is 0.397 e. The van der Waals surface area contributed by atoms with Crippen LogP contribution in [-0.4, -0.2) is 172 Å². The number of hydrogen-bond acceptors (Lipinski definition) is 26. The third-order valence-corrected chi connectivity index (χ3v) is 9.79. The van der Waals surface area contributed by atoms with Crippen LogP contribution < -0.4 is 0 Å². The molecular weight excluding hydrogens is 957 g/mol. The monoisotopic (exact) mass is 980 g/mol. The maximum absolute atomic E-state index is 11.9. The summed E-state index contributed by atoms with van der Waals surface area (Å²) in [6, 6.07) is 0. The van der Waals surface area contributed by atoms with Crippen LogP contribution in [0.1, 0.15) is 6.42 Å². The maximum atomic E-state index is 11.9. The van der Waals surface area contributed by atoms with E-state index >= 15 is 0 Å². The average molecular weight is 981 g/mol. The summed E-state index contributed by atoms with van der Waals surface area (Å²) in [5, 5.41) is 0. The van der Waals surface area contributed by atoms with Gasteiger partial charge in [-0.05, 0) is 6.42 Å². The van der Waals surface area contributed by atoms with E-state index < -0.39 is 164 Å². The molecule has 1 aliphatic heterocycles. The van der Waals surface area contributed by atoms with Crippen molar-refractivity contribution in [3.05, 3.63) is 0 Å². The van der Waals surface area contributed by atoms with Crippen LogP contribution in [0.2, 0.25) is 0 Å². The van der Waals surface area contributed by atoms with Crippen molar-refractivity contribution >= 4 is 83.2 Å². The fourth-order valence-corrected chi connectivity index (χ4v) is 8.30. The Morgan fingerprint density at radius 3 is 1.25 bits per heavy atom. The Labute approximate surface area is 309 Å². The Hall–Kier alpha value is -1.12. The smallest absolute Gasteiger partial charge is 0.339 e. The summed E-state index contributed by atoms with van der Waals surface area (Å²) in [5.41, 5.74) is 0. The molecule has 9 atom stereocenters. The van der Waals surface area contributed by atoms with Gasteiger partial charge in [-0.25, -0.2) is 33.5 Å². The van der Waals surface area contributed by atoms with Gasteiger partial charge in [0.25, 0.3) is 0 Å². The molecule has 1 aliphatic carbocycles.